The van der Waals surface area contributed by atoms with Crippen LogP contribution >= 0.6 is 23.4 Å². The highest BCUT2D eigenvalue weighted by Gasteiger charge is 2.54. The Morgan fingerprint density at radius 1 is 1.24 bits per heavy atom. The quantitative estimate of drug-likeness (QED) is 0.273. The zero-order chi connectivity index (χ0) is 23.5. The van der Waals surface area contributed by atoms with Crippen LogP contribution < -0.4 is 9.22 Å². The summed E-state index contributed by atoms with van der Waals surface area (Å²) >= 11 is 8.00. The number of benzene rings is 1. The molecule has 0 N–H and O–H groups in total. The summed E-state index contributed by atoms with van der Waals surface area (Å²) in [5.41, 5.74) is 1.69. The van der Waals surface area contributed by atoms with E-state index in [9.17, 15) is 13.2 Å². The predicted molar refractivity (Wildman–Crippen MR) is 125 cm³/mol. The molecule has 0 spiro atoms. The lowest BCUT2D eigenvalue weighted by molar-refractivity contribution is -0.274. The van der Waals surface area contributed by atoms with Gasteiger partial charge in [0.05, 0.1) is 24.2 Å². The first-order chi connectivity index (χ1) is 15.6. The second-order valence-corrected chi connectivity index (χ2v) is 10.3. The number of quaternary nitrogens is 1. The van der Waals surface area contributed by atoms with E-state index in [0.717, 1.165) is 21.4 Å². The van der Waals surface area contributed by atoms with Crippen molar-refractivity contribution in [2.24, 2.45) is 5.92 Å². The minimum absolute atomic E-state index is 0.124. The Bertz CT molecular complexity index is 1210. The maximum absolute atomic E-state index is 12.6. The highest BCUT2D eigenvalue weighted by atomic mass is 35.5. The van der Waals surface area contributed by atoms with Crippen molar-refractivity contribution in [3.05, 3.63) is 35.6 Å². The van der Waals surface area contributed by atoms with Gasteiger partial charge in [-0.25, -0.2) is 4.98 Å². The molecule has 1 aromatic carbocycles. The zero-order valence-corrected chi connectivity index (χ0v) is 20.1. The second-order valence-electron chi connectivity index (χ2n) is 9.06. The number of hydrogen-bond acceptors (Lipinski definition) is 4. The number of alkyl halides is 3. The molecule has 2 aliphatic rings. The molecule has 0 radical (unpaired) electrons. The lowest BCUT2D eigenvalue weighted by Crippen LogP contribution is -2.56. The van der Waals surface area contributed by atoms with E-state index in [2.05, 4.69) is 28.1 Å². The molecule has 0 saturated heterocycles. The molecular formula is C23H25ClF3N4OS+. The Kier molecular flexibility index (Phi) is 5.57. The summed E-state index contributed by atoms with van der Waals surface area (Å²) < 4.78 is 44.7. The Labute approximate surface area is 199 Å². The second kappa shape index (κ2) is 8.06. The van der Waals surface area contributed by atoms with Crippen molar-refractivity contribution in [3.8, 4) is 17.0 Å². The standard InChI is InChI=1S/C23H25ClF3N4OS/c1-13(14-4-5-14)31(2,15-6-7-15)22-21(33-3)29-20-19(28-10-11-30(20)22)17-9-8-16(12-18(17)24)32-23(25,26)27/h8-15H,4-7H2,1-3H3/q+1. The monoisotopic (exact) mass is 497 g/mol. The maximum Gasteiger partial charge on any atom is 0.573 e. The smallest absolute Gasteiger partial charge is 0.406 e. The summed E-state index contributed by atoms with van der Waals surface area (Å²) in [6.07, 6.45) is 5.79. The van der Waals surface area contributed by atoms with Gasteiger partial charge < -0.3 is 4.74 Å². The summed E-state index contributed by atoms with van der Waals surface area (Å²) in [7, 11) is 2.32. The third-order valence-electron chi connectivity index (χ3n) is 7.02. The minimum atomic E-state index is -4.78. The molecule has 2 fully saturated rings. The van der Waals surface area contributed by atoms with Crippen molar-refractivity contribution in [1.29, 1.82) is 0 Å². The molecule has 2 unspecified atom stereocenters. The molecule has 2 atom stereocenters. The van der Waals surface area contributed by atoms with Crippen LogP contribution in [-0.2, 0) is 0 Å². The van der Waals surface area contributed by atoms with Gasteiger partial charge in [0.1, 0.15) is 11.4 Å². The SMILES string of the molecule is CSc1nc2c(-c3ccc(OC(F)(F)F)cc3Cl)nccn2c1[N+](C)(C1CC1)C(C)C1CC1. The van der Waals surface area contributed by atoms with Crippen LogP contribution in [0.3, 0.4) is 0 Å². The minimum Gasteiger partial charge on any atom is -0.406 e. The van der Waals surface area contributed by atoms with Crippen molar-refractivity contribution in [2.75, 3.05) is 13.3 Å². The molecule has 0 amide bonds. The van der Waals surface area contributed by atoms with Crippen LogP contribution in [0.2, 0.25) is 5.02 Å². The lowest BCUT2D eigenvalue weighted by atomic mass is 10.1. The Balaban J connectivity index is 1.65. The summed E-state index contributed by atoms with van der Waals surface area (Å²) in [5.74, 6) is 1.50. The average Bonchev–Trinajstić information content (AvgIpc) is 3.66. The normalized spacial score (nSPS) is 19.5. The van der Waals surface area contributed by atoms with Crippen LogP contribution in [0.5, 0.6) is 5.75 Å². The van der Waals surface area contributed by atoms with E-state index in [-0.39, 0.29) is 10.8 Å². The molecule has 10 heteroatoms. The molecule has 2 saturated carbocycles. The third kappa shape index (κ3) is 4.08. The number of ether oxygens (including phenoxy) is 1. The first-order valence-electron chi connectivity index (χ1n) is 11.0. The molecule has 3 aromatic rings. The number of fused-ring (bicyclic) bond motifs is 1. The zero-order valence-electron chi connectivity index (χ0n) is 18.6. The first kappa shape index (κ1) is 22.8. The maximum atomic E-state index is 12.6. The van der Waals surface area contributed by atoms with Gasteiger partial charge in [0.25, 0.3) is 0 Å². The van der Waals surface area contributed by atoms with Gasteiger partial charge in [0.2, 0.25) is 5.82 Å². The van der Waals surface area contributed by atoms with Gasteiger partial charge in [0, 0.05) is 36.7 Å². The summed E-state index contributed by atoms with van der Waals surface area (Å²) in [4.78, 5) is 9.47. The molecule has 176 valence electrons. The van der Waals surface area contributed by atoms with Crippen molar-refractivity contribution in [3.63, 3.8) is 0 Å². The number of imidazole rings is 1. The van der Waals surface area contributed by atoms with Crippen LogP contribution in [0.15, 0.2) is 35.6 Å². The van der Waals surface area contributed by atoms with E-state index in [0.29, 0.717) is 34.9 Å². The Morgan fingerprint density at radius 2 is 1.97 bits per heavy atom. The first-order valence-corrected chi connectivity index (χ1v) is 12.6. The highest BCUT2D eigenvalue weighted by Crippen LogP contribution is 2.49. The summed E-state index contributed by atoms with van der Waals surface area (Å²) in [6, 6.07) is 4.95. The molecule has 5 nitrogen and oxygen atoms in total. The largest absolute Gasteiger partial charge is 0.573 e. The van der Waals surface area contributed by atoms with Crippen molar-refractivity contribution < 1.29 is 17.9 Å². The molecule has 2 heterocycles. The highest BCUT2D eigenvalue weighted by molar-refractivity contribution is 7.98. The van der Waals surface area contributed by atoms with Crippen LogP contribution in [-0.4, -0.2) is 46.1 Å². The van der Waals surface area contributed by atoms with E-state index < -0.39 is 6.36 Å². The third-order valence-corrected chi connectivity index (χ3v) is 7.99. The van der Waals surface area contributed by atoms with Crippen molar-refractivity contribution >= 4 is 34.8 Å². The fourth-order valence-electron chi connectivity index (χ4n) is 4.92. The molecule has 0 aliphatic heterocycles. The van der Waals surface area contributed by atoms with E-state index in [1.165, 1.54) is 37.8 Å². The molecule has 2 aromatic heterocycles. The summed E-state index contributed by atoms with van der Waals surface area (Å²) in [5, 5.41) is 1.07. The van der Waals surface area contributed by atoms with E-state index in [1.54, 1.807) is 18.0 Å². The number of halogens is 4. The Hall–Kier alpha value is -1.97. The molecule has 0 bridgehead atoms. The van der Waals surface area contributed by atoms with E-state index >= 15 is 0 Å². The number of thioether (sulfide) groups is 1. The number of rotatable bonds is 7. The lowest BCUT2D eigenvalue weighted by Gasteiger charge is -2.40. The van der Waals surface area contributed by atoms with Gasteiger partial charge >= 0.3 is 6.36 Å². The molecule has 2 aliphatic carbocycles. The number of nitrogens with zero attached hydrogens (tertiary/aromatic N) is 4. The number of hydrogen-bond donors (Lipinski definition) is 0. The van der Waals surface area contributed by atoms with Gasteiger partial charge in [-0.05, 0) is 44.2 Å². The van der Waals surface area contributed by atoms with Crippen LogP contribution in [0.4, 0.5) is 19.0 Å². The van der Waals surface area contributed by atoms with Crippen LogP contribution in [0.25, 0.3) is 16.9 Å². The van der Waals surface area contributed by atoms with E-state index in [4.69, 9.17) is 16.6 Å². The van der Waals surface area contributed by atoms with Crippen molar-refractivity contribution in [1.82, 2.24) is 18.9 Å². The fraction of sp³-hybridized carbons (Fsp3) is 0.478. The van der Waals surface area contributed by atoms with Gasteiger partial charge in [-0.15, -0.1) is 24.9 Å². The topological polar surface area (TPSA) is 39.4 Å². The van der Waals surface area contributed by atoms with Gasteiger partial charge in [0.15, 0.2) is 10.7 Å². The van der Waals surface area contributed by atoms with Crippen molar-refractivity contribution in [2.45, 2.75) is 56.1 Å². The van der Waals surface area contributed by atoms with Gasteiger partial charge in [-0.3, -0.25) is 13.9 Å². The Morgan fingerprint density at radius 3 is 2.55 bits per heavy atom. The van der Waals surface area contributed by atoms with E-state index in [1.807, 2.05) is 12.5 Å². The number of aromatic nitrogens is 3. The average molecular weight is 498 g/mol. The molecule has 33 heavy (non-hydrogen) atoms. The van der Waals surface area contributed by atoms with Gasteiger partial charge in [-0.2, -0.15) is 0 Å². The van der Waals surface area contributed by atoms with Crippen LogP contribution in [0, 0.1) is 5.92 Å². The predicted octanol–water partition coefficient (Wildman–Crippen LogP) is 6.57. The molecule has 5 rings (SSSR count). The summed E-state index contributed by atoms with van der Waals surface area (Å²) in [6.45, 7) is 2.35. The molecular weight excluding hydrogens is 473 g/mol. The van der Waals surface area contributed by atoms with Crippen LogP contribution in [0.1, 0.15) is 32.6 Å². The van der Waals surface area contributed by atoms with Gasteiger partial charge in [-0.1, -0.05) is 11.6 Å². The fourth-order valence-corrected chi connectivity index (χ4v) is 5.84.